The number of rotatable bonds is 5. The van der Waals surface area contributed by atoms with Gasteiger partial charge < -0.3 is 20.3 Å². The van der Waals surface area contributed by atoms with Crippen molar-refractivity contribution >= 4 is 56.3 Å². The lowest BCUT2D eigenvalue weighted by Gasteiger charge is -2.32. The van der Waals surface area contributed by atoms with Crippen LogP contribution in [0.5, 0.6) is 0 Å². The molecule has 1 aromatic carbocycles. The van der Waals surface area contributed by atoms with E-state index in [0.29, 0.717) is 30.9 Å². The maximum absolute atomic E-state index is 13.3. The summed E-state index contributed by atoms with van der Waals surface area (Å²) in [5, 5.41) is 6.08. The number of carbonyl (C=O) groups excluding carboxylic acids is 2. The molecule has 1 aliphatic heterocycles. The Labute approximate surface area is 200 Å². The van der Waals surface area contributed by atoms with Crippen molar-refractivity contribution in [3.63, 3.8) is 0 Å². The summed E-state index contributed by atoms with van der Waals surface area (Å²) in [7, 11) is 1.77. The summed E-state index contributed by atoms with van der Waals surface area (Å²) >= 11 is 4.75. The molecular formula is C23H27BrN4O3S. The summed E-state index contributed by atoms with van der Waals surface area (Å²) in [6.45, 7) is 3.92. The Bertz CT molecular complexity index is 1050. The maximum atomic E-state index is 13.3. The summed E-state index contributed by atoms with van der Waals surface area (Å²) in [5.41, 5.74) is 1.93. The van der Waals surface area contributed by atoms with Crippen molar-refractivity contribution in [2.45, 2.75) is 38.1 Å². The number of morpholine rings is 1. The van der Waals surface area contributed by atoms with Gasteiger partial charge >= 0.3 is 0 Å². The van der Waals surface area contributed by atoms with Crippen LogP contribution in [0, 0.1) is 6.92 Å². The lowest BCUT2D eigenvalue weighted by molar-refractivity contribution is -0.122. The van der Waals surface area contributed by atoms with E-state index in [9.17, 15) is 9.59 Å². The van der Waals surface area contributed by atoms with Crippen molar-refractivity contribution in [2.24, 2.45) is 4.99 Å². The number of halogens is 1. The Morgan fingerprint density at radius 3 is 2.66 bits per heavy atom. The molecule has 1 saturated heterocycles. The van der Waals surface area contributed by atoms with Crippen LogP contribution in [-0.2, 0) is 9.53 Å². The third kappa shape index (κ3) is 4.74. The van der Waals surface area contributed by atoms with Crippen LogP contribution in [0.15, 0.2) is 39.1 Å². The predicted molar refractivity (Wildman–Crippen MR) is 132 cm³/mol. The van der Waals surface area contributed by atoms with E-state index in [1.54, 1.807) is 13.1 Å². The highest BCUT2D eigenvalue weighted by Gasteiger charge is 2.42. The fourth-order valence-electron chi connectivity index (χ4n) is 4.36. The molecule has 1 saturated carbocycles. The molecule has 0 unspecified atom stereocenters. The predicted octanol–water partition coefficient (Wildman–Crippen LogP) is 4.37. The van der Waals surface area contributed by atoms with E-state index in [0.717, 1.165) is 45.9 Å². The molecule has 170 valence electrons. The fraction of sp³-hybridized carbons (Fsp3) is 0.435. The largest absolute Gasteiger partial charge is 0.372 e. The number of ether oxygens (including phenoxy) is 1. The highest BCUT2D eigenvalue weighted by molar-refractivity contribution is 9.11. The average molecular weight is 519 g/mol. The number of nitrogens with one attached hydrogen (secondary N) is 2. The van der Waals surface area contributed by atoms with Crippen LogP contribution in [0.1, 0.15) is 40.9 Å². The van der Waals surface area contributed by atoms with Gasteiger partial charge in [0.25, 0.3) is 5.91 Å². The Balaban J connectivity index is 1.50. The minimum Gasteiger partial charge on any atom is -0.372 e. The molecule has 1 aliphatic carbocycles. The third-order valence-electron chi connectivity index (χ3n) is 6.05. The van der Waals surface area contributed by atoms with Gasteiger partial charge in [0.05, 0.1) is 15.3 Å². The van der Waals surface area contributed by atoms with E-state index in [2.05, 4.69) is 36.5 Å². The zero-order valence-corrected chi connectivity index (χ0v) is 20.6. The van der Waals surface area contributed by atoms with Crippen molar-refractivity contribution in [1.82, 2.24) is 5.32 Å². The SMILES string of the molecule is CN=C1COCCN1c1ccc(NC(=O)C2(NC(=O)c3ccc(Br)s3)CCCC2)cc1C. The second-order valence-corrected chi connectivity index (χ2v) is 10.6. The molecule has 0 atom stereocenters. The van der Waals surface area contributed by atoms with E-state index >= 15 is 0 Å². The number of aryl methyl sites for hydroxylation is 1. The highest BCUT2D eigenvalue weighted by atomic mass is 79.9. The zero-order chi connectivity index (χ0) is 22.7. The molecule has 4 rings (SSSR count). The summed E-state index contributed by atoms with van der Waals surface area (Å²) in [5.74, 6) is 0.528. The second kappa shape index (κ2) is 9.72. The van der Waals surface area contributed by atoms with Gasteiger partial charge in [-0.2, -0.15) is 0 Å². The number of benzene rings is 1. The standard InChI is InChI=1S/C23H27BrN4O3S/c1-15-13-16(5-6-17(15)28-11-12-31-14-20(28)25-2)26-22(30)23(9-3-4-10-23)27-21(29)18-7-8-19(24)32-18/h5-8,13H,3-4,9-12,14H2,1-2H3,(H,26,30)(H,27,29). The normalized spacial score (nSPS) is 19.2. The molecule has 0 spiro atoms. The Kier molecular flexibility index (Phi) is 6.97. The van der Waals surface area contributed by atoms with Crippen molar-refractivity contribution in [3.8, 4) is 0 Å². The zero-order valence-electron chi connectivity index (χ0n) is 18.2. The quantitative estimate of drug-likeness (QED) is 0.615. The molecule has 2 amide bonds. The van der Waals surface area contributed by atoms with Crippen molar-refractivity contribution in [3.05, 3.63) is 44.6 Å². The van der Waals surface area contributed by atoms with Crippen LogP contribution in [0.2, 0.25) is 0 Å². The van der Waals surface area contributed by atoms with Gasteiger partial charge in [0.2, 0.25) is 5.91 Å². The van der Waals surface area contributed by atoms with Gasteiger partial charge in [-0.1, -0.05) is 12.8 Å². The Morgan fingerprint density at radius 1 is 1.22 bits per heavy atom. The summed E-state index contributed by atoms with van der Waals surface area (Å²) in [6, 6.07) is 9.49. The van der Waals surface area contributed by atoms with Gasteiger partial charge in [-0.05, 0) is 71.6 Å². The topological polar surface area (TPSA) is 83.0 Å². The Morgan fingerprint density at radius 2 is 2.00 bits per heavy atom. The van der Waals surface area contributed by atoms with Crippen LogP contribution in [0.3, 0.4) is 0 Å². The number of thiophene rings is 1. The third-order valence-corrected chi connectivity index (χ3v) is 7.67. The number of nitrogens with zero attached hydrogens (tertiary/aromatic N) is 2. The molecule has 2 fully saturated rings. The van der Waals surface area contributed by atoms with Gasteiger partial charge in [0.1, 0.15) is 18.0 Å². The second-order valence-electron chi connectivity index (χ2n) is 8.15. The number of hydrogen-bond acceptors (Lipinski definition) is 5. The van der Waals surface area contributed by atoms with Gasteiger partial charge in [-0.15, -0.1) is 11.3 Å². The molecule has 2 aromatic rings. The molecule has 7 nitrogen and oxygen atoms in total. The first-order chi connectivity index (χ1) is 15.4. The summed E-state index contributed by atoms with van der Waals surface area (Å²) < 4.78 is 6.40. The average Bonchev–Trinajstić information content (AvgIpc) is 3.44. The van der Waals surface area contributed by atoms with Crippen LogP contribution in [0.25, 0.3) is 0 Å². The first kappa shape index (κ1) is 22.9. The summed E-state index contributed by atoms with van der Waals surface area (Å²) in [6.07, 6.45) is 3.10. The van der Waals surface area contributed by atoms with Crippen molar-refractivity contribution in [1.29, 1.82) is 0 Å². The Hall–Kier alpha value is -2.23. The van der Waals surface area contributed by atoms with Gasteiger partial charge in [-0.3, -0.25) is 14.6 Å². The molecule has 0 bridgehead atoms. The van der Waals surface area contributed by atoms with Crippen LogP contribution in [0.4, 0.5) is 11.4 Å². The van der Waals surface area contributed by atoms with Crippen LogP contribution < -0.4 is 15.5 Å². The van der Waals surface area contributed by atoms with Crippen LogP contribution in [-0.4, -0.2) is 50.0 Å². The number of carbonyl (C=O) groups is 2. The molecule has 2 heterocycles. The molecule has 9 heteroatoms. The van der Waals surface area contributed by atoms with Crippen molar-refractivity contribution in [2.75, 3.05) is 37.0 Å². The lowest BCUT2D eigenvalue weighted by Crippen LogP contribution is -2.54. The van der Waals surface area contributed by atoms with Gasteiger partial charge in [0, 0.05) is 25.0 Å². The number of aliphatic imine (C=N–C) groups is 1. The fourth-order valence-corrected chi connectivity index (χ4v) is 5.64. The lowest BCUT2D eigenvalue weighted by atomic mass is 9.95. The smallest absolute Gasteiger partial charge is 0.262 e. The number of amides is 2. The van der Waals surface area contributed by atoms with E-state index in [1.807, 2.05) is 31.2 Å². The molecule has 2 aliphatic rings. The molecule has 2 N–H and O–H groups in total. The van der Waals surface area contributed by atoms with Gasteiger partial charge in [0.15, 0.2) is 0 Å². The molecule has 32 heavy (non-hydrogen) atoms. The number of hydrogen-bond donors (Lipinski definition) is 2. The van der Waals surface area contributed by atoms with E-state index < -0.39 is 5.54 Å². The number of anilines is 2. The summed E-state index contributed by atoms with van der Waals surface area (Å²) in [4.78, 5) is 33.2. The highest BCUT2D eigenvalue weighted by Crippen LogP contribution is 2.33. The minimum absolute atomic E-state index is 0.159. The molecule has 1 aromatic heterocycles. The van der Waals surface area contributed by atoms with Crippen LogP contribution >= 0.6 is 27.3 Å². The van der Waals surface area contributed by atoms with E-state index in [-0.39, 0.29) is 11.8 Å². The van der Waals surface area contributed by atoms with Crippen molar-refractivity contribution < 1.29 is 14.3 Å². The first-order valence-corrected chi connectivity index (χ1v) is 12.3. The number of amidine groups is 1. The maximum Gasteiger partial charge on any atom is 0.262 e. The van der Waals surface area contributed by atoms with E-state index in [4.69, 9.17) is 4.74 Å². The molecule has 0 radical (unpaired) electrons. The molecular weight excluding hydrogens is 492 g/mol. The minimum atomic E-state index is -0.883. The monoisotopic (exact) mass is 518 g/mol. The first-order valence-electron chi connectivity index (χ1n) is 10.7. The van der Waals surface area contributed by atoms with Gasteiger partial charge in [-0.25, -0.2) is 0 Å². The van der Waals surface area contributed by atoms with E-state index in [1.165, 1.54) is 11.3 Å².